The lowest BCUT2D eigenvalue weighted by Gasteiger charge is -2.08. The Kier molecular flexibility index (Phi) is 3.07. The lowest BCUT2D eigenvalue weighted by Crippen LogP contribution is -2.08. The summed E-state index contributed by atoms with van der Waals surface area (Å²) in [6, 6.07) is 2.79. The number of rotatable bonds is 5. The molecule has 2 aromatic rings. The Labute approximate surface area is 111 Å². The normalized spacial score (nSPS) is 15.0. The number of fused-ring (bicyclic) bond motifs is 1. The highest BCUT2D eigenvalue weighted by Gasteiger charge is 2.23. The van der Waals surface area contributed by atoms with Gasteiger partial charge in [0, 0.05) is 17.5 Å². The molecule has 2 heterocycles. The smallest absolute Gasteiger partial charge is 0.226 e. The summed E-state index contributed by atoms with van der Waals surface area (Å²) in [7, 11) is 0. The monoisotopic (exact) mass is 262 g/mol. The Balaban J connectivity index is 1.98. The van der Waals surface area contributed by atoms with Crippen molar-refractivity contribution in [1.29, 1.82) is 0 Å². The molecule has 2 N–H and O–H groups in total. The summed E-state index contributed by atoms with van der Waals surface area (Å²) in [5.74, 6) is 1.74. The Bertz CT molecular complexity index is 559. The lowest BCUT2D eigenvalue weighted by atomic mass is 10.3. The number of aryl methyl sites for hydroxylation is 1. The minimum atomic E-state index is 0.613. The van der Waals surface area contributed by atoms with Gasteiger partial charge in [-0.25, -0.2) is 4.98 Å². The van der Waals surface area contributed by atoms with Crippen LogP contribution in [0.25, 0.3) is 10.2 Å². The summed E-state index contributed by atoms with van der Waals surface area (Å²) < 4.78 is 0. The second kappa shape index (κ2) is 4.72. The maximum atomic E-state index is 4.61. The van der Waals surface area contributed by atoms with E-state index in [2.05, 4.69) is 40.5 Å². The van der Waals surface area contributed by atoms with Gasteiger partial charge >= 0.3 is 0 Å². The van der Waals surface area contributed by atoms with Crippen molar-refractivity contribution in [3.63, 3.8) is 0 Å². The van der Waals surface area contributed by atoms with Gasteiger partial charge in [0.05, 0.1) is 5.39 Å². The first-order valence-corrected chi connectivity index (χ1v) is 7.36. The molecule has 1 fully saturated rings. The van der Waals surface area contributed by atoms with E-state index in [1.54, 1.807) is 11.3 Å². The predicted octanol–water partition coefficient (Wildman–Crippen LogP) is 3.40. The third-order valence-corrected chi connectivity index (χ3v) is 3.91. The molecule has 0 atom stereocenters. The minimum Gasteiger partial charge on any atom is -0.367 e. The van der Waals surface area contributed by atoms with E-state index < -0.39 is 0 Å². The average molecular weight is 262 g/mol. The second-order valence-electron chi connectivity index (χ2n) is 4.82. The molecule has 0 unspecified atom stereocenters. The maximum absolute atomic E-state index is 4.61. The minimum absolute atomic E-state index is 0.613. The quantitative estimate of drug-likeness (QED) is 0.867. The molecule has 1 aliphatic carbocycles. The van der Waals surface area contributed by atoms with Crippen molar-refractivity contribution in [3.8, 4) is 0 Å². The van der Waals surface area contributed by atoms with Gasteiger partial charge in [-0.2, -0.15) is 4.98 Å². The van der Waals surface area contributed by atoms with Gasteiger partial charge in [-0.05, 0) is 32.3 Å². The van der Waals surface area contributed by atoms with Crippen LogP contribution in [0.5, 0.6) is 0 Å². The van der Waals surface area contributed by atoms with E-state index in [1.807, 2.05) is 0 Å². The van der Waals surface area contributed by atoms with Crippen molar-refractivity contribution in [2.24, 2.45) is 0 Å². The van der Waals surface area contributed by atoms with E-state index in [-0.39, 0.29) is 0 Å². The first-order valence-electron chi connectivity index (χ1n) is 6.55. The van der Waals surface area contributed by atoms with E-state index in [4.69, 9.17) is 0 Å². The van der Waals surface area contributed by atoms with Crippen LogP contribution in [0, 0.1) is 6.92 Å². The third kappa shape index (κ3) is 2.41. The van der Waals surface area contributed by atoms with Crippen LogP contribution in [0.2, 0.25) is 0 Å². The van der Waals surface area contributed by atoms with E-state index in [1.165, 1.54) is 17.7 Å². The molecular weight excluding hydrogens is 244 g/mol. The molecule has 3 rings (SSSR count). The number of anilines is 2. The van der Waals surface area contributed by atoms with E-state index in [0.29, 0.717) is 6.04 Å². The number of aromatic nitrogens is 2. The molecule has 0 amide bonds. The van der Waals surface area contributed by atoms with Crippen molar-refractivity contribution in [2.45, 2.75) is 39.2 Å². The predicted molar refractivity (Wildman–Crippen MR) is 77.6 cm³/mol. The van der Waals surface area contributed by atoms with E-state index >= 15 is 0 Å². The zero-order valence-electron chi connectivity index (χ0n) is 10.8. The molecule has 0 aromatic carbocycles. The topological polar surface area (TPSA) is 49.8 Å². The Morgan fingerprint density at radius 2 is 2.22 bits per heavy atom. The van der Waals surface area contributed by atoms with Gasteiger partial charge in [-0.1, -0.05) is 6.92 Å². The average Bonchev–Trinajstić information content (AvgIpc) is 3.07. The van der Waals surface area contributed by atoms with Gasteiger partial charge in [0.1, 0.15) is 10.6 Å². The number of hydrogen-bond acceptors (Lipinski definition) is 5. The van der Waals surface area contributed by atoms with Gasteiger partial charge in [0.25, 0.3) is 0 Å². The van der Waals surface area contributed by atoms with Crippen LogP contribution < -0.4 is 10.6 Å². The maximum Gasteiger partial charge on any atom is 0.226 e. The van der Waals surface area contributed by atoms with Crippen LogP contribution in [-0.2, 0) is 0 Å². The van der Waals surface area contributed by atoms with Crippen molar-refractivity contribution < 1.29 is 0 Å². The van der Waals surface area contributed by atoms with Gasteiger partial charge in [-0.15, -0.1) is 11.3 Å². The molecule has 0 radical (unpaired) electrons. The van der Waals surface area contributed by atoms with E-state index in [9.17, 15) is 0 Å². The van der Waals surface area contributed by atoms with E-state index in [0.717, 1.165) is 34.9 Å². The fraction of sp³-hybridized carbons (Fsp3) is 0.538. The fourth-order valence-electron chi connectivity index (χ4n) is 1.89. The summed E-state index contributed by atoms with van der Waals surface area (Å²) >= 11 is 1.73. The summed E-state index contributed by atoms with van der Waals surface area (Å²) in [5.41, 5.74) is 0. The number of thiophene rings is 1. The molecular formula is C13H18N4S. The van der Waals surface area contributed by atoms with Crippen LogP contribution in [0.4, 0.5) is 11.8 Å². The molecule has 0 saturated heterocycles. The highest BCUT2D eigenvalue weighted by atomic mass is 32.1. The Morgan fingerprint density at radius 3 is 2.94 bits per heavy atom. The Hall–Kier alpha value is -1.36. The highest BCUT2D eigenvalue weighted by molar-refractivity contribution is 7.18. The first-order chi connectivity index (χ1) is 8.76. The number of nitrogens with zero attached hydrogens (tertiary/aromatic N) is 2. The van der Waals surface area contributed by atoms with Gasteiger partial charge in [0.2, 0.25) is 5.95 Å². The SMILES string of the molecule is CCCNc1nc(NC2CC2)c2cc(C)sc2n1. The molecule has 0 spiro atoms. The van der Waals surface area contributed by atoms with Gasteiger partial charge < -0.3 is 10.6 Å². The summed E-state index contributed by atoms with van der Waals surface area (Å²) in [6.07, 6.45) is 3.59. The highest BCUT2D eigenvalue weighted by Crippen LogP contribution is 2.32. The van der Waals surface area contributed by atoms with Crippen LogP contribution >= 0.6 is 11.3 Å². The zero-order valence-corrected chi connectivity index (χ0v) is 11.6. The van der Waals surface area contributed by atoms with Crippen molar-refractivity contribution in [3.05, 3.63) is 10.9 Å². The fourth-order valence-corrected chi connectivity index (χ4v) is 2.77. The van der Waals surface area contributed by atoms with Crippen LogP contribution in [0.15, 0.2) is 6.07 Å². The summed E-state index contributed by atoms with van der Waals surface area (Å²) in [4.78, 5) is 11.5. The third-order valence-electron chi connectivity index (χ3n) is 2.97. The molecule has 0 aliphatic heterocycles. The molecule has 1 aliphatic rings. The van der Waals surface area contributed by atoms with Gasteiger partial charge in [-0.3, -0.25) is 0 Å². The molecule has 5 heteroatoms. The molecule has 18 heavy (non-hydrogen) atoms. The summed E-state index contributed by atoms with van der Waals surface area (Å²) in [5, 5.41) is 7.94. The second-order valence-corrected chi connectivity index (χ2v) is 6.05. The van der Waals surface area contributed by atoms with Crippen LogP contribution in [0.1, 0.15) is 31.1 Å². The largest absolute Gasteiger partial charge is 0.367 e. The molecule has 96 valence electrons. The standard InChI is InChI=1S/C13H18N4S/c1-3-6-14-13-16-11(15-9-4-5-9)10-7-8(2)18-12(10)17-13/h7,9H,3-6H2,1-2H3,(H2,14,15,16,17). The molecule has 4 nitrogen and oxygen atoms in total. The molecule has 0 bridgehead atoms. The number of hydrogen-bond donors (Lipinski definition) is 2. The first kappa shape index (κ1) is 11.7. The molecule has 1 saturated carbocycles. The summed E-state index contributed by atoms with van der Waals surface area (Å²) in [6.45, 7) is 5.18. The lowest BCUT2D eigenvalue weighted by molar-refractivity contribution is 0.956. The van der Waals surface area contributed by atoms with Gasteiger partial charge in [0.15, 0.2) is 0 Å². The molecule has 2 aromatic heterocycles. The van der Waals surface area contributed by atoms with Crippen molar-refractivity contribution in [1.82, 2.24) is 9.97 Å². The van der Waals surface area contributed by atoms with Crippen molar-refractivity contribution in [2.75, 3.05) is 17.2 Å². The van der Waals surface area contributed by atoms with Crippen LogP contribution in [-0.4, -0.2) is 22.6 Å². The number of nitrogens with one attached hydrogen (secondary N) is 2. The zero-order chi connectivity index (χ0) is 12.5. The van der Waals surface area contributed by atoms with Crippen LogP contribution in [0.3, 0.4) is 0 Å². The Morgan fingerprint density at radius 1 is 1.39 bits per heavy atom. The van der Waals surface area contributed by atoms with Crippen molar-refractivity contribution >= 4 is 33.3 Å².